The number of nitrogens with zero attached hydrogens (tertiary/aromatic N) is 4. The molecule has 0 unspecified atom stereocenters. The van der Waals surface area contributed by atoms with E-state index in [0.717, 1.165) is 11.1 Å². The van der Waals surface area contributed by atoms with Crippen LogP contribution in [0.3, 0.4) is 0 Å². The number of amides is 2. The van der Waals surface area contributed by atoms with Crippen LogP contribution in [0.1, 0.15) is 24.7 Å². The quantitative estimate of drug-likeness (QED) is 0.456. The summed E-state index contributed by atoms with van der Waals surface area (Å²) in [6, 6.07) is 11.6. The van der Waals surface area contributed by atoms with Crippen LogP contribution in [0.2, 0.25) is 0 Å². The fourth-order valence-electron chi connectivity index (χ4n) is 4.15. The number of nitro benzene ring substituents is 1. The van der Waals surface area contributed by atoms with Gasteiger partial charge in [0.25, 0.3) is 11.6 Å². The summed E-state index contributed by atoms with van der Waals surface area (Å²) >= 11 is 0. The number of oxazole rings is 1. The zero-order valence-electron chi connectivity index (χ0n) is 17.1. The minimum absolute atomic E-state index is 0.125. The topological polar surface area (TPSA) is 119 Å². The molecule has 0 bridgehead atoms. The van der Waals surface area contributed by atoms with Crippen molar-refractivity contribution >= 4 is 34.3 Å². The number of hydrogen-bond donors (Lipinski definition) is 0. The Bertz CT molecular complexity index is 1180. The number of nitro groups is 1. The van der Waals surface area contributed by atoms with Crippen molar-refractivity contribution in [3.63, 3.8) is 0 Å². The monoisotopic (exact) mass is 436 g/mol. The maximum Gasteiger partial charge on any atom is 0.271 e. The van der Waals surface area contributed by atoms with E-state index in [1.54, 1.807) is 4.90 Å². The van der Waals surface area contributed by atoms with E-state index in [1.807, 2.05) is 24.3 Å². The number of likely N-dealkylation sites (tertiary alicyclic amines) is 1. The molecule has 2 aromatic carbocycles. The molecule has 32 heavy (non-hydrogen) atoms. The molecule has 5 rings (SSSR count). The molecule has 1 fully saturated rings. The highest BCUT2D eigenvalue weighted by Gasteiger charge is 2.32. The Morgan fingerprint density at radius 3 is 2.72 bits per heavy atom. The molecule has 10 nitrogen and oxygen atoms in total. The summed E-state index contributed by atoms with van der Waals surface area (Å²) in [5.41, 5.74) is 1.64. The van der Waals surface area contributed by atoms with Crippen LogP contribution in [-0.4, -0.2) is 52.9 Å². The molecule has 2 aliphatic rings. The van der Waals surface area contributed by atoms with Gasteiger partial charge in [0.2, 0.25) is 5.91 Å². The van der Waals surface area contributed by atoms with Crippen molar-refractivity contribution < 1.29 is 23.7 Å². The zero-order chi connectivity index (χ0) is 22.2. The average Bonchev–Trinajstić information content (AvgIpc) is 3.25. The van der Waals surface area contributed by atoms with E-state index in [-0.39, 0.29) is 36.4 Å². The van der Waals surface area contributed by atoms with Crippen molar-refractivity contribution in [2.45, 2.75) is 18.8 Å². The van der Waals surface area contributed by atoms with Gasteiger partial charge in [-0.1, -0.05) is 12.1 Å². The molecule has 0 radical (unpaired) electrons. The summed E-state index contributed by atoms with van der Waals surface area (Å²) in [5.74, 6) is 0.529. The molecule has 0 atom stereocenters. The Labute approximate surface area is 182 Å². The second-order valence-corrected chi connectivity index (χ2v) is 7.85. The summed E-state index contributed by atoms with van der Waals surface area (Å²) in [5, 5.41) is 11.1. The molecule has 164 valence electrons. The number of aromatic nitrogens is 1. The van der Waals surface area contributed by atoms with Crippen molar-refractivity contribution in [1.82, 2.24) is 9.88 Å². The Hall–Kier alpha value is -3.95. The van der Waals surface area contributed by atoms with Gasteiger partial charge in [0.1, 0.15) is 17.8 Å². The lowest BCUT2D eigenvalue weighted by Gasteiger charge is -2.34. The van der Waals surface area contributed by atoms with Gasteiger partial charge < -0.3 is 14.1 Å². The Morgan fingerprint density at radius 2 is 1.97 bits per heavy atom. The van der Waals surface area contributed by atoms with Crippen LogP contribution in [-0.2, 0) is 9.59 Å². The third-order valence-corrected chi connectivity index (χ3v) is 5.90. The largest absolute Gasteiger partial charge is 0.482 e. The number of rotatable bonds is 4. The number of anilines is 1. The van der Waals surface area contributed by atoms with Gasteiger partial charge in [-0.05, 0) is 31.0 Å². The number of carbonyl (C=O) groups excluding carboxylic acids is 2. The van der Waals surface area contributed by atoms with E-state index in [9.17, 15) is 19.7 Å². The van der Waals surface area contributed by atoms with Crippen LogP contribution in [0.15, 0.2) is 46.9 Å². The number of piperidine rings is 1. The molecule has 0 N–H and O–H groups in total. The molecule has 0 saturated carbocycles. The summed E-state index contributed by atoms with van der Waals surface area (Å²) in [4.78, 5) is 43.5. The first-order valence-corrected chi connectivity index (χ1v) is 10.3. The van der Waals surface area contributed by atoms with E-state index in [4.69, 9.17) is 9.15 Å². The molecular formula is C22H20N4O6. The maximum absolute atomic E-state index is 12.9. The van der Waals surface area contributed by atoms with Crippen LogP contribution in [0.25, 0.3) is 11.1 Å². The highest BCUT2D eigenvalue weighted by molar-refractivity contribution is 6.02. The molecule has 1 saturated heterocycles. The predicted molar refractivity (Wildman–Crippen MR) is 114 cm³/mol. The van der Waals surface area contributed by atoms with Crippen molar-refractivity contribution in [2.24, 2.45) is 0 Å². The van der Waals surface area contributed by atoms with E-state index >= 15 is 0 Å². The minimum atomic E-state index is -0.545. The lowest BCUT2D eigenvalue weighted by molar-refractivity contribution is -0.384. The number of hydrogen-bond acceptors (Lipinski definition) is 7. The Balaban J connectivity index is 1.27. The van der Waals surface area contributed by atoms with Crippen LogP contribution in [0.4, 0.5) is 11.4 Å². The van der Waals surface area contributed by atoms with E-state index in [1.165, 1.54) is 23.1 Å². The highest BCUT2D eigenvalue weighted by Crippen LogP contribution is 2.35. The van der Waals surface area contributed by atoms with Crippen molar-refractivity contribution in [2.75, 3.05) is 31.1 Å². The number of para-hydroxylation sites is 2. The van der Waals surface area contributed by atoms with Gasteiger partial charge in [-0.3, -0.25) is 24.6 Å². The van der Waals surface area contributed by atoms with Gasteiger partial charge in [0.15, 0.2) is 18.1 Å². The van der Waals surface area contributed by atoms with Crippen LogP contribution < -0.4 is 9.64 Å². The summed E-state index contributed by atoms with van der Waals surface area (Å²) in [6.07, 6.45) is 1.41. The summed E-state index contributed by atoms with van der Waals surface area (Å²) in [6.45, 7) is 0.632. The lowest BCUT2D eigenvalue weighted by atomic mass is 9.96. The first-order valence-electron chi connectivity index (χ1n) is 10.3. The van der Waals surface area contributed by atoms with Crippen molar-refractivity contribution in [3.8, 4) is 5.75 Å². The smallest absolute Gasteiger partial charge is 0.271 e. The van der Waals surface area contributed by atoms with Gasteiger partial charge >= 0.3 is 0 Å². The Morgan fingerprint density at radius 1 is 1.19 bits per heavy atom. The zero-order valence-corrected chi connectivity index (χ0v) is 17.1. The molecule has 0 aliphatic carbocycles. The predicted octanol–water partition coefficient (Wildman–Crippen LogP) is 2.87. The SMILES string of the molecule is O=C(CN1C(=O)COc2ccc([N+](=O)[O-])cc21)N1CCC(c2nc3ccccc3o2)CC1. The number of ether oxygens (including phenoxy) is 1. The second kappa shape index (κ2) is 7.95. The fourth-order valence-corrected chi connectivity index (χ4v) is 4.15. The van der Waals surface area contributed by atoms with Crippen molar-refractivity contribution in [3.05, 3.63) is 58.5 Å². The maximum atomic E-state index is 12.9. The molecule has 0 spiro atoms. The molecule has 2 amide bonds. The van der Waals surface area contributed by atoms with Gasteiger partial charge in [0.05, 0.1) is 10.6 Å². The van der Waals surface area contributed by atoms with Crippen LogP contribution in [0.5, 0.6) is 5.75 Å². The van der Waals surface area contributed by atoms with Gasteiger partial charge in [0, 0.05) is 31.1 Å². The molecule has 1 aromatic heterocycles. The second-order valence-electron chi connectivity index (χ2n) is 7.85. The molecule has 10 heteroatoms. The third kappa shape index (κ3) is 3.64. The molecule has 3 aromatic rings. The number of non-ortho nitro benzene ring substituents is 1. The van der Waals surface area contributed by atoms with Crippen LogP contribution >= 0.6 is 0 Å². The average molecular weight is 436 g/mol. The minimum Gasteiger partial charge on any atom is -0.482 e. The van der Waals surface area contributed by atoms with Gasteiger partial charge in [-0.2, -0.15) is 0 Å². The van der Waals surface area contributed by atoms with Crippen molar-refractivity contribution in [1.29, 1.82) is 0 Å². The third-order valence-electron chi connectivity index (χ3n) is 5.90. The van der Waals surface area contributed by atoms with E-state index < -0.39 is 10.8 Å². The molecular weight excluding hydrogens is 416 g/mol. The lowest BCUT2D eigenvalue weighted by Crippen LogP contribution is -2.48. The van der Waals surface area contributed by atoms with Gasteiger partial charge in [-0.15, -0.1) is 0 Å². The molecule has 3 heterocycles. The first kappa shape index (κ1) is 20.0. The van der Waals surface area contributed by atoms with E-state index in [2.05, 4.69) is 4.98 Å². The van der Waals surface area contributed by atoms with E-state index in [0.29, 0.717) is 37.6 Å². The van der Waals surface area contributed by atoms with Crippen LogP contribution in [0, 0.1) is 10.1 Å². The molecule has 2 aliphatic heterocycles. The fraction of sp³-hybridized carbons (Fsp3) is 0.318. The Kier molecular flexibility index (Phi) is 4.96. The number of carbonyl (C=O) groups is 2. The highest BCUT2D eigenvalue weighted by atomic mass is 16.6. The van der Waals surface area contributed by atoms with Gasteiger partial charge in [-0.25, -0.2) is 4.98 Å². The standard InChI is InChI=1S/C22H20N4O6/c27-20(12-25-17-11-15(26(29)30)5-6-19(17)31-13-21(25)28)24-9-7-14(8-10-24)22-23-16-3-1-2-4-18(16)32-22/h1-6,11,14H,7-10,12-13H2. The first-order chi connectivity index (χ1) is 15.5. The number of benzene rings is 2. The summed E-state index contributed by atoms with van der Waals surface area (Å²) in [7, 11) is 0. The summed E-state index contributed by atoms with van der Waals surface area (Å²) < 4.78 is 11.2. The number of fused-ring (bicyclic) bond motifs is 2. The normalized spacial score (nSPS) is 16.7.